The topological polar surface area (TPSA) is 80.9 Å². The maximum absolute atomic E-state index is 12.0. The van der Waals surface area contributed by atoms with Crippen LogP contribution in [0.2, 0.25) is 0 Å². The van der Waals surface area contributed by atoms with Gasteiger partial charge in [-0.05, 0) is 38.8 Å². The van der Waals surface area contributed by atoms with Gasteiger partial charge in [0.2, 0.25) is 0 Å². The van der Waals surface area contributed by atoms with Crippen LogP contribution >= 0.6 is 0 Å². The summed E-state index contributed by atoms with van der Waals surface area (Å²) in [6.07, 6.45) is 0. The second-order valence-electron chi connectivity index (χ2n) is 7.12. The van der Waals surface area contributed by atoms with E-state index >= 15 is 0 Å². The molecular formula is C23H24O4. The normalized spacial score (nSPS) is 13.4. The van der Waals surface area contributed by atoms with Crippen molar-refractivity contribution in [1.29, 1.82) is 0 Å². The molecule has 0 amide bonds. The molecule has 0 aliphatic heterocycles. The van der Waals surface area contributed by atoms with Crippen molar-refractivity contribution in [2.24, 2.45) is 0 Å². The Hall–Kier alpha value is -2.98. The minimum Gasteiger partial charge on any atom is -0.507 e. The Labute approximate surface area is 159 Å². The van der Waals surface area contributed by atoms with Gasteiger partial charge in [0, 0.05) is 11.1 Å². The number of rotatable bonds is 3. The van der Waals surface area contributed by atoms with E-state index in [1.54, 1.807) is 38.1 Å². The number of aryl methyl sites for hydroxylation is 2. The van der Waals surface area contributed by atoms with Crippen LogP contribution in [0.5, 0.6) is 17.2 Å². The molecule has 4 heteroatoms. The molecule has 0 fully saturated rings. The molecule has 0 radical (unpaired) electrons. The zero-order chi connectivity index (χ0) is 19.9. The maximum atomic E-state index is 12.0. The first-order chi connectivity index (χ1) is 12.7. The predicted octanol–water partition coefficient (Wildman–Crippen LogP) is 4.32. The number of hydrogen-bond donors (Lipinski definition) is 4. The van der Waals surface area contributed by atoms with Gasteiger partial charge in [0.15, 0.2) is 0 Å². The lowest BCUT2D eigenvalue weighted by molar-refractivity contribution is 0.118. The molecule has 1 unspecified atom stereocenters. The predicted molar refractivity (Wildman–Crippen MR) is 105 cm³/mol. The van der Waals surface area contributed by atoms with E-state index in [9.17, 15) is 20.4 Å². The van der Waals surface area contributed by atoms with Crippen LogP contribution in [0.15, 0.2) is 48.5 Å². The minimum absolute atomic E-state index is 0.0356. The van der Waals surface area contributed by atoms with Crippen molar-refractivity contribution in [3.63, 3.8) is 0 Å². The summed E-state index contributed by atoms with van der Waals surface area (Å²) in [7, 11) is 0. The molecule has 0 bridgehead atoms. The standard InChI is InChI=1S/C23H24O4/c1-13-10-14(2)12-18(11-13)23(27,17-8-6-5-7-9-17)19-21(25)15(3)20(24)16(4)22(19)26/h5-12,24-27H,1-4H3. The molecule has 0 heterocycles. The molecule has 140 valence electrons. The van der Waals surface area contributed by atoms with Crippen molar-refractivity contribution >= 4 is 0 Å². The van der Waals surface area contributed by atoms with E-state index in [4.69, 9.17) is 0 Å². The number of aromatic hydroxyl groups is 3. The molecule has 4 nitrogen and oxygen atoms in total. The zero-order valence-electron chi connectivity index (χ0n) is 15.9. The van der Waals surface area contributed by atoms with Gasteiger partial charge in [-0.15, -0.1) is 0 Å². The van der Waals surface area contributed by atoms with Crippen molar-refractivity contribution in [1.82, 2.24) is 0 Å². The number of phenolic OH excluding ortho intramolecular Hbond substituents is 3. The van der Waals surface area contributed by atoms with Crippen LogP contribution in [-0.4, -0.2) is 20.4 Å². The van der Waals surface area contributed by atoms with Crippen molar-refractivity contribution in [3.05, 3.63) is 87.5 Å². The van der Waals surface area contributed by atoms with Crippen LogP contribution in [-0.2, 0) is 5.60 Å². The Morgan fingerprint density at radius 3 is 1.59 bits per heavy atom. The quantitative estimate of drug-likeness (QED) is 0.522. The Kier molecular flexibility index (Phi) is 4.62. The molecule has 0 saturated carbocycles. The van der Waals surface area contributed by atoms with E-state index in [0.717, 1.165) is 11.1 Å². The number of benzene rings is 3. The average molecular weight is 364 g/mol. The molecule has 3 rings (SSSR count). The van der Waals surface area contributed by atoms with E-state index in [2.05, 4.69) is 0 Å². The largest absolute Gasteiger partial charge is 0.507 e. The van der Waals surface area contributed by atoms with Crippen molar-refractivity contribution < 1.29 is 20.4 Å². The highest BCUT2D eigenvalue weighted by Gasteiger charge is 2.40. The first-order valence-corrected chi connectivity index (χ1v) is 8.79. The van der Waals surface area contributed by atoms with Gasteiger partial charge >= 0.3 is 0 Å². The summed E-state index contributed by atoms with van der Waals surface area (Å²) in [5.41, 5.74) is 1.52. The molecule has 27 heavy (non-hydrogen) atoms. The van der Waals surface area contributed by atoms with Crippen LogP contribution in [0, 0.1) is 27.7 Å². The maximum Gasteiger partial charge on any atom is 0.147 e. The number of phenols is 3. The van der Waals surface area contributed by atoms with Crippen LogP contribution in [0.25, 0.3) is 0 Å². The molecule has 0 saturated heterocycles. The summed E-state index contributed by atoms with van der Waals surface area (Å²) in [5, 5.41) is 43.8. The van der Waals surface area contributed by atoms with Crippen LogP contribution < -0.4 is 0 Å². The van der Waals surface area contributed by atoms with Crippen molar-refractivity contribution in [3.8, 4) is 17.2 Å². The molecular weight excluding hydrogens is 340 g/mol. The highest BCUT2D eigenvalue weighted by Crippen LogP contribution is 2.50. The molecule has 3 aromatic rings. The van der Waals surface area contributed by atoms with E-state index in [-0.39, 0.29) is 33.9 Å². The zero-order valence-corrected chi connectivity index (χ0v) is 15.9. The first-order valence-electron chi connectivity index (χ1n) is 8.79. The lowest BCUT2D eigenvalue weighted by Gasteiger charge is -2.33. The van der Waals surface area contributed by atoms with Gasteiger partial charge in [-0.1, -0.05) is 59.7 Å². The Bertz CT molecular complexity index is 959. The van der Waals surface area contributed by atoms with Crippen molar-refractivity contribution in [2.75, 3.05) is 0 Å². The van der Waals surface area contributed by atoms with Gasteiger partial charge in [-0.25, -0.2) is 0 Å². The highest BCUT2D eigenvalue weighted by molar-refractivity contribution is 5.66. The second-order valence-corrected chi connectivity index (χ2v) is 7.12. The van der Waals surface area contributed by atoms with Gasteiger partial charge in [0.05, 0.1) is 5.56 Å². The molecule has 1 atom stereocenters. The van der Waals surface area contributed by atoms with Gasteiger partial charge in [-0.3, -0.25) is 0 Å². The third-order valence-electron chi connectivity index (χ3n) is 5.09. The Morgan fingerprint density at radius 1 is 0.630 bits per heavy atom. The number of hydrogen-bond acceptors (Lipinski definition) is 4. The summed E-state index contributed by atoms with van der Waals surface area (Å²) in [4.78, 5) is 0. The second kappa shape index (κ2) is 6.63. The minimum atomic E-state index is -1.80. The monoisotopic (exact) mass is 364 g/mol. The van der Waals surface area contributed by atoms with Crippen LogP contribution in [0.3, 0.4) is 0 Å². The Morgan fingerprint density at radius 2 is 1.11 bits per heavy atom. The Balaban J connectivity index is 2.47. The summed E-state index contributed by atoms with van der Waals surface area (Å²) in [6.45, 7) is 6.95. The fourth-order valence-electron chi connectivity index (χ4n) is 3.65. The summed E-state index contributed by atoms with van der Waals surface area (Å²) >= 11 is 0. The molecule has 0 aliphatic rings. The lowest BCUT2D eigenvalue weighted by atomic mass is 9.77. The first kappa shape index (κ1) is 18.8. The van der Waals surface area contributed by atoms with E-state index in [1.807, 2.05) is 38.1 Å². The van der Waals surface area contributed by atoms with E-state index < -0.39 is 5.60 Å². The van der Waals surface area contributed by atoms with Gasteiger partial charge < -0.3 is 20.4 Å². The molecule has 3 aromatic carbocycles. The molecule has 0 aromatic heterocycles. The third kappa shape index (κ3) is 2.92. The summed E-state index contributed by atoms with van der Waals surface area (Å²) < 4.78 is 0. The van der Waals surface area contributed by atoms with E-state index in [1.165, 1.54) is 0 Å². The van der Waals surface area contributed by atoms with Gasteiger partial charge in [0.1, 0.15) is 22.8 Å². The third-order valence-corrected chi connectivity index (χ3v) is 5.09. The summed E-state index contributed by atoms with van der Waals surface area (Å²) in [5.74, 6) is -0.855. The molecule has 0 spiro atoms. The molecule has 0 aliphatic carbocycles. The average Bonchev–Trinajstić information content (AvgIpc) is 2.64. The smallest absolute Gasteiger partial charge is 0.147 e. The van der Waals surface area contributed by atoms with Gasteiger partial charge in [-0.2, -0.15) is 0 Å². The number of aliphatic hydroxyl groups is 1. The molecule has 4 N–H and O–H groups in total. The summed E-state index contributed by atoms with van der Waals surface area (Å²) in [6, 6.07) is 14.5. The SMILES string of the molecule is Cc1cc(C)cc(C(O)(c2ccccc2)c2c(O)c(C)c(O)c(C)c2O)c1. The van der Waals surface area contributed by atoms with Crippen LogP contribution in [0.1, 0.15) is 38.9 Å². The van der Waals surface area contributed by atoms with Gasteiger partial charge in [0.25, 0.3) is 0 Å². The van der Waals surface area contributed by atoms with Crippen molar-refractivity contribution in [2.45, 2.75) is 33.3 Å². The fourth-order valence-corrected chi connectivity index (χ4v) is 3.65. The van der Waals surface area contributed by atoms with Crippen LogP contribution in [0.4, 0.5) is 0 Å². The lowest BCUT2D eigenvalue weighted by Crippen LogP contribution is -2.30. The fraction of sp³-hybridized carbons (Fsp3) is 0.217. The highest BCUT2D eigenvalue weighted by atomic mass is 16.3. The van der Waals surface area contributed by atoms with E-state index in [0.29, 0.717) is 11.1 Å².